The van der Waals surface area contributed by atoms with E-state index in [4.69, 9.17) is 19.4 Å². The van der Waals surface area contributed by atoms with E-state index in [9.17, 15) is 0 Å². The smallest absolute Gasteiger partial charge is 0.164 e. The highest BCUT2D eigenvalue weighted by Gasteiger charge is 2.23. The molecule has 6 nitrogen and oxygen atoms in total. The minimum absolute atomic E-state index is 0.554. The third kappa shape index (κ3) is 5.54. The molecule has 7 heteroatoms. The van der Waals surface area contributed by atoms with Crippen molar-refractivity contribution in [1.29, 1.82) is 0 Å². The van der Waals surface area contributed by atoms with Crippen LogP contribution in [-0.2, 0) is 0 Å². The summed E-state index contributed by atoms with van der Waals surface area (Å²) in [7, 11) is 0. The molecule has 5 heterocycles. The van der Waals surface area contributed by atoms with E-state index in [0.717, 1.165) is 77.5 Å². The van der Waals surface area contributed by atoms with E-state index in [2.05, 4.69) is 209 Å². The van der Waals surface area contributed by atoms with Crippen LogP contribution in [0, 0.1) is 0 Å². The standard InChI is InChI=1S/C61H35N5OS/c1-2-16-41(17-3-1)65-49-22-10-6-18-42(49)44-28-26-39(33-51(44)65)60-62-59(38-27-29-57-48(31-38)45-20-9-13-25-56(45)68-57)63-61(64-60)40-34-53(58-46-21-8-12-24-54(46)67-55(58)35-40)66-50-23-11-7-19-43(50)47-30-36-14-4-5-15-37(36)32-52(47)66/h1-35H. The Bertz CT molecular complexity index is 4580. The number of fused-ring (bicyclic) bond motifs is 13. The van der Waals surface area contributed by atoms with Gasteiger partial charge in [0.1, 0.15) is 11.2 Å². The second-order valence-corrected chi connectivity index (χ2v) is 18.7. The predicted octanol–water partition coefficient (Wildman–Crippen LogP) is 16.5. The number of nitrogens with zero attached hydrogens (tertiary/aromatic N) is 5. The van der Waals surface area contributed by atoms with Gasteiger partial charge in [-0.1, -0.05) is 127 Å². The fraction of sp³-hybridized carbons (Fsp3) is 0. The van der Waals surface area contributed by atoms with Gasteiger partial charge in [-0.2, -0.15) is 0 Å². The number of para-hydroxylation sites is 4. The molecule has 0 radical (unpaired) electrons. The zero-order valence-electron chi connectivity index (χ0n) is 36.3. The van der Waals surface area contributed by atoms with E-state index in [1.807, 2.05) is 12.1 Å². The number of thiophene rings is 1. The molecule has 0 fully saturated rings. The van der Waals surface area contributed by atoms with Crippen LogP contribution in [0.1, 0.15) is 0 Å². The van der Waals surface area contributed by atoms with Gasteiger partial charge in [0.05, 0.1) is 33.1 Å². The molecular weight excluding hydrogens is 851 g/mol. The Morgan fingerprint density at radius 3 is 1.72 bits per heavy atom. The molecule has 0 unspecified atom stereocenters. The van der Waals surface area contributed by atoms with Crippen molar-refractivity contribution in [2.75, 3.05) is 0 Å². The van der Waals surface area contributed by atoms with Gasteiger partial charge in [-0.25, -0.2) is 15.0 Å². The lowest BCUT2D eigenvalue weighted by Gasteiger charge is -2.14. The van der Waals surface area contributed by atoms with Gasteiger partial charge in [-0.3, -0.25) is 0 Å². The maximum atomic E-state index is 6.80. The SMILES string of the molecule is c1ccc(-n2c3ccccc3c3ccc(-c4nc(-c5cc(-n6c7ccccc7c7cc8ccccc8cc76)c6c(c5)oc5ccccc56)nc(-c5ccc6sc7ccccc7c6c5)n4)cc32)cc1. The van der Waals surface area contributed by atoms with Crippen LogP contribution in [0.2, 0.25) is 0 Å². The van der Waals surface area contributed by atoms with Gasteiger partial charge < -0.3 is 13.6 Å². The number of rotatable bonds is 5. The summed E-state index contributed by atoms with van der Waals surface area (Å²) in [5.74, 6) is 1.74. The first kappa shape index (κ1) is 37.3. The van der Waals surface area contributed by atoms with Crippen LogP contribution in [0.25, 0.3) is 142 Å². The van der Waals surface area contributed by atoms with Crippen LogP contribution in [0.4, 0.5) is 0 Å². The topological polar surface area (TPSA) is 61.7 Å². The first-order valence-corrected chi connectivity index (χ1v) is 23.6. The Morgan fingerprint density at radius 1 is 0.338 bits per heavy atom. The van der Waals surface area contributed by atoms with E-state index in [0.29, 0.717) is 17.5 Å². The van der Waals surface area contributed by atoms with Crippen LogP contribution in [-0.4, -0.2) is 24.1 Å². The third-order valence-electron chi connectivity index (χ3n) is 13.7. The average Bonchev–Trinajstić information content (AvgIpc) is 4.15. The van der Waals surface area contributed by atoms with Gasteiger partial charge in [0.2, 0.25) is 0 Å². The summed E-state index contributed by atoms with van der Waals surface area (Å²) in [6.45, 7) is 0. The van der Waals surface area contributed by atoms with E-state index >= 15 is 0 Å². The van der Waals surface area contributed by atoms with Crippen molar-refractivity contribution in [1.82, 2.24) is 24.1 Å². The van der Waals surface area contributed by atoms with Crippen molar-refractivity contribution >= 4 is 108 Å². The number of hydrogen-bond donors (Lipinski definition) is 0. The molecule has 5 aromatic heterocycles. The van der Waals surface area contributed by atoms with E-state index in [1.54, 1.807) is 11.3 Å². The Balaban J connectivity index is 1.02. The normalized spacial score (nSPS) is 12.1. The first-order valence-electron chi connectivity index (χ1n) is 22.8. The molecule has 0 saturated carbocycles. The van der Waals surface area contributed by atoms with Crippen molar-refractivity contribution < 1.29 is 4.42 Å². The van der Waals surface area contributed by atoms with E-state index in [1.165, 1.54) is 47.1 Å². The molecule has 0 amide bonds. The largest absolute Gasteiger partial charge is 0.456 e. The minimum Gasteiger partial charge on any atom is -0.456 e. The maximum absolute atomic E-state index is 6.80. The highest BCUT2D eigenvalue weighted by atomic mass is 32.1. The average molecular weight is 886 g/mol. The van der Waals surface area contributed by atoms with Crippen LogP contribution >= 0.6 is 11.3 Å². The summed E-state index contributed by atoms with van der Waals surface area (Å²) in [5.41, 5.74) is 10.7. The predicted molar refractivity (Wildman–Crippen MR) is 282 cm³/mol. The molecule has 0 spiro atoms. The highest BCUT2D eigenvalue weighted by molar-refractivity contribution is 7.25. The fourth-order valence-electron chi connectivity index (χ4n) is 10.6. The molecule has 15 rings (SSSR count). The summed E-state index contributed by atoms with van der Waals surface area (Å²) in [6.07, 6.45) is 0. The lowest BCUT2D eigenvalue weighted by molar-refractivity contribution is 0.669. The number of hydrogen-bond acceptors (Lipinski definition) is 5. The summed E-state index contributed by atoms with van der Waals surface area (Å²) in [5, 5.41) is 11.6. The Kier molecular flexibility index (Phi) is 7.85. The Labute approximate surface area is 392 Å². The number of benzene rings is 10. The van der Waals surface area contributed by atoms with Gasteiger partial charge in [0.25, 0.3) is 0 Å². The minimum atomic E-state index is 0.554. The van der Waals surface area contributed by atoms with Gasteiger partial charge in [0.15, 0.2) is 17.5 Å². The molecule has 0 atom stereocenters. The quantitative estimate of drug-likeness (QED) is 0.173. The molecule has 0 N–H and O–H groups in total. The summed E-state index contributed by atoms with van der Waals surface area (Å²) < 4.78 is 14.0. The first-order chi connectivity index (χ1) is 33.7. The molecule has 10 aromatic carbocycles. The molecule has 0 aliphatic rings. The van der Waals surface area contributed by atoms with E-state index < -0.39 is 0 Å². The van der Waals surface area contributed by atoms with Crippen molar-refractivity contribution in [2.45, 2.75) is 0 Å². The maximum Gasteiger partial charge on any atom is 0.164 e. The molecule has 68 heavy (non-hydrogen) atoms. The van der Waals surface area contributed by atoms with Crippen molar-refractivity contribution in [3.8, 4) is 45.5 Å². The Morgan fingerprint density at radius 2 is 0.912 bits per heavy atom. The molecule has 15 aromatic rings. The highest BCUT2D eigenvalue weighted by Crippen LogP contribution is 2.43. The van der Waals surface area contributed by atoms with Crippen molar-refractivity contribution in [3.05, 3.63) is 212 Å². The van der Waals surface area contributed by atoms with Crippen molar-refractivity contribution in [3.63, 3.8) is 0 Å². The van der Waals surface area contributed by atoms with E-state index in [-0.39, 0.29) is 0 Å². The molecule has 0 aliphatic carbocycles. The summed E-state index contributed by atoms with van der Waals surface area (Å²) >= 11 is 1.80. The van der Waals surface area contributed by atoms with Crippen LogP contribution in [0.15, 0.2) is 217 Å². The summed E-state index contributed by atoms with van der Waals surface area (Å²) in [6, 6.07) is 75.6. The fourth-order valence-corrected chi connectivity index (χ4v) is 11.7. The number of furan rings is 1. The molecule has 316 valence electrons. The van der Waals surface area contributed by atoms with Gasteiger partial charge in [0, 0.05) is 69.5 Å². The molecule has 0 aliphatic heterocycles. The van der Waals surface area contributed by atoms with Crippen LogP contribution in [0.5, 0.6) is 0 Å². The van der Waals surface area contributed by atoms with Gasteiger partial charge in [-0.05, 0) is 95.7 Å². The number of aromatic nitrogens is 5. The van der Waals surface area contributed by atoms with Crippen LogP contribution in [0.3, 0.4) is 0 Å². The zero-order chi connectivity index (χ0) is 44.5. The second-order valence-electron chi connectivity index (χ2n) is 17.6. The Hall–Kier alpha value is -8.91. The monoisotopic (exact) mass is 885 g/mol. The zero-order valence-corrected chi connectivity index (χ0v) is 37.1. The summed E-state index contributed by atoms with van der Waals surface area (Å²) in [4.78, 5) is 16.2. The molecular formula is C61H35N5OS. The molecule has 0 saturated heterocycles. The van der Waals surface area contributed by atoms with Crippen molar-refractivity contribution in [2.24, 2.45) is 0 Å². The second kappa shape index (κ2) is 14.3. The lowest BCUT2D eigenvalue weighted by atomic mass is 10.0. The lowest BCUT2D eigenvalue weighted by Crippen LogP contribution is -2.02. The third-order valence-corrected chi connectivity index (χ3v) is 14.9. The van der Waals surface area contributed by atoms with Crippen LogP contribution < -0.4 is 0 Å². The van der Waals surface area contributed by atoms with Gasteiger partial charge in [-0.15, -0.1) is 11.3 Å². The van der Waals surface area contributed by atoms with Gasteiger partial charge >= 0.3 is 0 Å². The molecule has 0 bridgehead atoms.